The van der Waals surface area contributed by atoms with Gasteiger partial charge in [0.05, 0.1) is 13.2 Å². The van der Waals surface area contributed by atoms with Crippen molar-refractivity contribution in [1.82, 2.24) is 10.2 Å². The van der Waals surface area contributed by atoms with E-state index in [2.05, 4.69) is 10.2 Å². The second-order valence-electron chi connectivity index (χ2n) is 4.78. The Balaban J connectivity index is 1.77. The van der Waals surface area contributed by atoms with Crippen molar-refractivity contribution in [2.45, 2.75) is 10.4 Å². The van der Waals surface area contributed by atoms with Gasteiger partial charge in [-0.15, -0.1) is 0 Å². The van der Waals surface area contributed by atoms with Crippen molar-refractivity contribution in [3.63, 3.8) is 0 Å². The third-order valence-corrected chi connectivity index (χ3v) is 3.91. The minimum Gasteiger partial charge on any atom is -0.379 e. The number of morpholine rings is 1. The summed E-state index contributed by atoms with van der Waals surface area (Å²) in [6.45, 7) is 4.33. The maximum Gasteiger partial charge on any atom is 0.446 e. The van der Waals surface area contributed by atoms with Crippen LogP contribution in [-0.2, 0) is 4.74 Å². The number of rotatable bonds is 5. The fourth-order valence-corrected chi connectivity index (χ4v) is 2.60. The van der Waals surface area contributed by atoms with Crippen molar-refractivity contribution in [2.75, 3.05) is 39.4 Å². The van der Waals surface area contributed by atoms with E-state index in [9.17, 15) is 18.0 Å². The number of hydrogen-bond acceptors (Lipinski definition) is 4. The van der Waals surface area contributed by atoms with E-state index < -0.39 is 5.51 Å². The van der Waals surface area contributed by atoms with Gasteiger partial charge in [-0.05, 0) is 36.0 Å². The van der Waals surface area contributed by atoms with E-state index >= 15 is 0 Å². The van der Waals surface area contributed by atoms with Crippen molar-refractivity contribution in [3.8, 4) is 0 Å². The summed E-state index contributed by atoms with van der Waals surface area (Å²) in [5, 5.41) is 2.76. The van der Waals surface area contributed by atoms with Gasteiger partial charge in [0, 0.05) is 36.6 Å². The maximum absolute atomic E-state index is 12.2. The number of carbonyl (C=O) groups is 1. The lowest BCUT2D eigenvalue weighted by Crippen LogP contribution is -2.41. The number of amides is 1. The minimum absolute atomic E-state index is 0.0670. The van der Waals surface area contributed by atoms with E-state index in [1.54, 1.807) is 0 Å². The molecular weight excluding hydrogens is 317 g/mol. The molecular formula is C14H17F3N2O2S. The molecule has 0 aromatic heterocycles. The number of hydrogen-bond donors (Lipinski definition) is 1. The molecule has 0 atom stereocenters. The van der Waals surface area contributed by atoms with Crippen LogP contribution in [-0.4, -0.2) is 55.7 Å². The SMILES string of the molecule is O=C(NCCN1CCOCC1)c1ccc(SC(F)(F)F)cc1. The van der Waals surface area contributed by atoms with Crippen LogP contribution in [0.5, 0.6) is 0 Å². The van der Waals surface area contributed by atoms with Crippen LogP contribution in [0.2, 0.25) is 0 Å². The average molecular weight is 334 g/mol. The topological polar surface area (TPSA) is 41.6 Å². The Bertz CT molecular complexity index is 488. The van der Waals surface area contributed by atoms with Crippen LogP contribution in [0, 0.1) is 0 Å². The number of alkyl halides is 3. The summed E-state index contributed by atoms with van der Waals surface area (Å²) >= 11 is -0.192. The molecule has 2 rings (SSSR count). The Labute approximate surface area is 131 Å². The summed E-state index contributed by atoms with van der Waals surface area (Å²) < 4.78 is 41.9. The van der Waals surface area contributed by atoms with E-state index in [0.717, 1.165) is 19.6 Å². The van der Waals surface area contributed by atoms with Gasteiger partial charge in [-0.25, -0.2) is 0 Å². The number of benzene rings is 1. The molecule has 0 spiro atoms. The zero-order valence-corrected chi connectivity index (χ0v) is 12.7. The van der Waals surface area contributed by atoms with E-state index in [-0.39, 0.29) is 22.6 Å². The molecule has 1 amide bonds. The first-order valence-corrected chi connectivity index (χ1v) is 7.70. The molecule has 1 saturated heterocycles. The highest BCUT2D eigenvalue weighted by molar-refractivity contribution is 8.00. The molecule has 1 aromatic carbocycles. The summed E-state index contributed by atoms with van der Waals surface area (Å²) in [6.07, 6.45) is 0. The van der Waals surface area contributed by atoms with Gasteiger partial charge in [-0.2, -0.15) is 13.2 Å². The molecule has 22 heavy (non-hydrogen) atoms. The Hall–Kier alpha value is -1.25. The molecule has 4 nitrogen and oxygen atoms in total. The van der Waals surface area contributed by atoms with Gasteiger partial charge >= 0.3 is 5.51 Å². The highest BCUT2D eigenvalue weighted by Crippen LogP contribution is 2.36. The minimum atomic E-state index is -4.32. The fraction of sp³-hybridized carbons (Fsp3) is 0.500. The van der Waals surface area contributed by atoms with Gasteiger partial charge in [0.2, 0.25) is 0 Å². The van der Waals surface area contributed by atoms with Crippen LogP contribution in [0.3, 0.4) is 0 Å². The lowest BCUT2D eigenvalue weighted by Gasteiger charge is -2.26. The van der Waals surface area contributed by atoms with E-state index in [0.29, 0.717) is 25.3 Å². The van der Waals surface area contributed by atoms with Crippen LogP contribution >= 0.6 is 11.8 Å². The van der Waals surface area contributed by atoms with Gasteiger partial charge in [0.1, 0.15) is 0 Å². The van der Waals surface area contributed by atoms with Gasteiger partial charge in [-0.3, -0.25) is 9.69 Å². The molecule has 1 heterocycles. The lowest BCUT2D eigenvalue weighted by atomic mass is 10.2. The fourth-order valence-electron chi connectivity index (χ4n) is 2.06. The van der Waals surface area contributed by atoms with Crippen molar-refractivity contribution in [1.29, 1.82) is 0 Å². The predicted molar refractivity (Wildman–Crippen MR) is 77.9 cm³/mol. The van der Waals surface area contributed by atoms with Gasteiger partial charge in [0.25, 0.3) is 5.91 Å². The number of halogens is 3. The average Bonchev–Trinajstić information content (AvgIpc) is 2.47. The molecule has 0 bridgehead atoms. The first-order chi connectivity index (χ1) is 10.4. The highest BCUT2D eigenvalue weighted by Gasteiger charge is 2.29. The van der Waals surface area contributed by atoms with Crippen LogP contribution in [0.4, 0.5) is 13.2 Å². The Morgan fingerprint density at radius 1 is 1.23 bits per heavy atom. The highest BCUT2D eigenvalue weighted by atomic mass is 32.2. The van der Waals surface area contributed by atoms with Crippen LogP contribution in [0.15, 0.2) is 29.2 Å². The normalized spacial score (nSPS) is 16.5. The number of ether oxygens (including phenoxy) is 1. The first-order valence-electron chi connectivity index (χ1n) is 6.88. The van der Waals surface area contributed by atoms with Crippen molar-refractivity contribution < 1.29 is 22.7 Å². The summed E-state index contributed by atoms with van der Waals surface area (Å²) in [5.74, 6) is -0.281. The molecule has 1 fully saturated rings. The molecule has 1 aliphatic rings. The number of thioether (sulfide) groups is 1. The summed E-state index contributed by atoms with van der Waals surface area (Å²) in [4.78, 5) is 14.2. The number of nitrogens with one attached hydrogen (secondary N) is 1. The molecule has 1 aromatic rings. The standard InChI is InChI=1S/C14H17F3N2O2S/c15-14(16,17)22-12-3-1-11(2-4-12)13(20)18-5-6-19-7-9-21-10-8-19/h1-4H,5-10H2,(H,18,20). The second-order valence-corrected chi connectivity index (χ2v) is 5.92. The second kappa shape index (κ2) is 7.85. The molecule has 0 saturated carbocycles. The third-order valence-electron chi connectivity index (χ3n) is 3.17. The van der Waals surface area contributed by atoms with Crippen molar-refractivity contribution >= 4 is 17.7 Å². The van der Waals surface area contributed by atoms with Crippen molar-refractivity contribution in [3.05, 3.63) is 29.8 Å². The lowest BCUT2D eigenvalue weighted by molar-refractivity contribution is -0.0328. The summed E-state index contributed by atoms with van der Waals surface area (Å²) in [6, 6.07) is 5.40. The predicted octanol–water partition coefficient (Wildman–Crippen LogP) is 2.36. The zero-order chi connectivity index (χ0) is 16.0. The maximum atomic E-state index is 12.2. The van der Waals surface area contributed by atoms with E-state index in [1.807, 2.05) is 0 Å². The smallest absolute Gasteiger partial charge is 0.379 e. The summed E-state index contributed by atoms with van der Waals surface area (Å²) in [5.41, 5.74) is -3.96. The summed E-state index contributed by atoms with van der Waals surface area (Å²) in [7, 11) is 0. The molecule has 8 heteroatoms. The zero-order valence-electron chi connectivity index (χ0n) is 11.9. The number of carbonyl (C=O) groups excluding carboxylic acids is 1. The van der Waals surface area contributed by atoms with Gasteiger partial charge in [0.15, 0.2) is 0 Å². The Morgan fingerprint density at radius 2 is 1.86 bits per heavy atom. The third kappa shape index (κ3) is 5.86. The first kappa shape index (κ1) is 17.1. The molecule has 122 valence electrons. The van der Waals surface area contributed by atoms with Crippen LogP contribution in [0.1, 0.15) is 10.4 Å². The molecule has 0 unspecified atom stereocenters. The molecule has 1 aliphatic heterocycles. The van der Waals surface area contributed by atoms with Gasteiger partial charge in [-0.1, -0.05) is 0 Å². The molecule has 0 aliphatic carbocycles. The molecule has 0 radical (unpaired) electrons. The van der Waals surface area contributed by atoms with Crippen LogP contribution < -0.4 is 5.32 Å². The van der Waals surface area contributed by atoms with Gasteiger partial charge < -0.3 is 10.1 Å². The number of nitrogens with zero attached hydrogens (tertiary/aromatic N) is 1. The van der Waals surface area contributed by atoms with E-state index in [4.69, 9.17) is 4.74 Å². The monoisotopic (exact) mass is 334 g/mol. The van der Waals surface area contributed by atoms with Crippen molar-refractivity contribution in [2.24, 2.45) is 0 Å². The molecule has 1 N–H and O–H groups in total. The van der Waals surface area contributed by atoms with E-state index in [1.165, 1.54) is 24.3 Å². The quantitative estimate of drug-likeness (QED) is 0.840. The Kier molecular flexibility index (Phi) is 6.10. The van der Waals surface area contributed by atoms with Crippen LogP contribution in [0.25, 0.3) is 0 Å². The Morgan fingerprint density at radius 3 is 2.45 bits per heavy atom. The largest absolute Gasteiger partial charge is 0.446 e.